The molecule has 0 radical (unpaired) electrons. The van der Waals surface area contributed by atoms with E-state index in [0.717, 1.165) is 0 Å². The molecule has 0 aliphatic carbocycles. The van der Waals surface area contributed by atoms with E-state index in [0.29, 0.717) is 19.0 Å². The Labute approximate surface area is 55.7 Å². The highest BCUT2D eigenvalue weighted by molar-refractivity contribution is 4.52. The van der Waals surface area contributed by atoms with E-state index in [1.54, 1.807) is 0 Å². The second kappa shape index (κ2) is 4.73. The summed E-state index contributed by atoms with van der Waals surface area (Å²) in [7, 11) is 0. The van der Waals surface area contributed by atoms with Gasteiger partial charge < -0.3 is 15.5 Å². The topological polar surface area (TPSA) is 52.5 Å². The highest BCUT2D eigenvalue weighted by Crippen LogP contribution is 1.84. The SMILES string of the molecule is CC(C)NCCC(O)O. The molecule has 3 heteroatoms. The van der Waals surface area contributed by atoms with Crippen LogP contribution in [0, 0.1) is 0 Å². The molecule has 0 fully saturated rings. The third-order valence-electron chi connectivity index (χ3n) is 0.955. The molecule has 3 nitrogen and oxygen atoms in total. The van der Waals surface area contributed by atoms with Gasteiger partial charge in [0, 0.05) is 19.0 Å². The summed E-state index contributed by atoms with van der Waals surface area (Å²) in [6, 6.07) is 0.420. The van der Waals surface area contributed by atoms with Gasteiger partial charge in [-0.1, -0.05) is 13.8 Å². The average molecular weight is 133 g/mol. The van der Waals surface area contributed by atoms with Gasteiger partial charge in [0.15, 0.2) is 6.29 Å². The Hall–Kier alpha value is -0.120. The quantitative estimate of drug-likeness (QED) is 0.461. The molecule has 0 saturated heterocycles. The van der Waals surface area contributed by atoms with Crippen LogP contribution in [-0.2, 0) is 0 Å². The molecule has 0 heterocycles. The Balaban J connectivity index is 2.91. The van der Waals surface area contributed by atoms with Crippen LogP contribution in [0.3, 0.4) is 0 Å². The minimum absolute atomic E-state index is 0.401. The first-order chi connectivity index (χ1) is 4.13. The van der Waals surface area contributed by atoms with Gasteiger partial charge >= 0.3 is 0 Å². The summed E-state index contributed by atoms with van der Waals surface area (Å²) in [6.45, 7) is 4.70. The third kappa shape index (κ3) is 7.88. The molecule has 0 atom stereocenters. The number of aliphatic hydroxyl groups is 2. The van der Waals surface area contributed by atoms with E-state index < -0.39 is 6.29 Å². The lowest BCUT2D eigenvalue weighted by atomic mass is 10.3. The normalized spacial score (nSPS) is 11.3. The molecule has 0 aliphatic rings. The number of hydrogen-bond donors (Lipinski definition) is 3. The van der Waals surface area contributed by atoms with Crippen molar-refractivity contribution in [3.05, 3.63) is 0 Å². The second-order valence-corrected chi connectivity index (χ2v) is 2.38. The zero-order chi connectivity index (χ0) is 7.28. The monoisotopic (exact) mass is 133 g/mol. The van der Waals surface area contributed by atoms with Crippen molar-refractivity contribution in [1.29, 1.82) is 0 Å². The Morgan fingerprint density at radius 3 is 2.22 bits per heavy atom. The van der Waals surface area contributed by atoms with E-state index in [-0.39, 0.29) is 0 Å². The summed E-state index contributed by atoms with van der Waals surface area (Å²) >= 11 is 0. The first-order valence-corrected chi connectivity index (χ1v) is 3.22. The smallest absolute Gasteiger partial charge is 0.152 e. The largest absolute Gasteiger partial charge is 0.368 e. The molecule has 3 N–H and O–H groups in total. The molecule has 0 aromatic heterocycles. The van der Waals surface area contributed by atoms with Gasteiger partial charge in [0.05, 0.1) is 0 Å². The molecular weight excluding hydrogens is 118 g/mol. The fourth-order valence-electron chi connectivity index (χ4n) is 0.501. The first-order valence-electron chi connectivity index (χ1n) is 3.22. The molecule has 0 saturated carbocycles. The predicted octanol–water partition coefficient (Wildman–Crippen LogP) is -0.315. The maximum atomic E-state index is 8.38. The van der Waals surface area contributed by atoms with Crippen LogP contribution >= 0.6 is 0 Å². The molecule has 0 spiro atoms. The van der Waals surface area contributed by atoms with Crippen molar-refractivity contribution in [2.75, 3.05) is 6.54 Å². The van der Waals surface area contributed by atoms with Crippen LogP contribution in [0.2, 0.25) is 0 Å². The highest BCUT2D eigenvalue weighted by atomic mass is 16.5. The van der Waals surface area contributed by atoms with Crippen molar-refractivity contribution in [1.82, 2.24) is 5.32 Å². The van der Waals surface area contributed by atoms with Gasteiger partial charge in [0.2, 0.25) is 0 Å². The van der Waals surface area contributed by atoms with Crippen LogP contribution in [-0.4, -0.2) is 29.1 Å². The summed E-state index contributed by atoms with van der Waals surface area (Å²) in [5.74, 6) is 0. The van der Waals surface area contributed by atoms with Crippen molar-refractivity contribution in [2.45, 2.75) is 32.6 Å². The van der Waals surface area contributed by atoms with Crippen LogP contribution in [0.15, 0.2) is 0 Å². The van der Waals surface area contributed by atoms with Gasteiger partial charge in [-0.25, -0.2) is 0 Å². The number of rotatable bonds is 4. The lowest BCUT2D eigenvalue weighted by Crippen LogP contribution is -2.26. The average Bonchev–Trinajstić information content (AvgIpc) is 1.63. The molecule has 9 heavy (non-hydrogen) atoms. The van der Waals surface area contributed by atoms with Crippen molar-refractivity contribution in [3.8, 4) is 0 Å². The van der Waals surface area contributed by atoms with Gasteiger partial charge in [-0.05, 0) is 0 Å². The molecule has 0 unspecified atom stereocenters. The van der Waals surface area contributed by atoms with E-state index in [9.17, 15) is 0 Å². The Morgan fingerprint density at radius 1 is 1.33 bits per heavy atom. The summed E-state index contributed by atoms with van der Waals surface area (Å²) in [5.41, 5.74) is 0. The second-order valence-electron chi connectivity index (χ2n) is 2.38. The minimum atomic E-state index is -1.17. The van der Waals surface area contributed by atoms with Crippen LogP contribution in [0.25, 0.3) is 0 Å². The lowest BCUT2D eigenvalue weighted by molar-refractivity contribution is -0.0446. The van der Waals surface area contributed by atoms with E-state index in [4.69, 9.17) is 10.2 Å². The molecule has 0 aromatic rings. The Kier molecular flexibility index (Phi) is 4.67. The molecule has 0 bridgehead atoms. The lowest BCUT2D eigenvalue weighted by Gasteiger charge is -2.07. The van der Waals surface area contributed by atoms with Gasteiger partial charge in [-0.3, -0.25) is 0 Å². The summed E-state index contributed by atoms with van der Waals surface area (Å²) in [5, 5.41) is 19.8. The molecule has 0 rings (SSSR count). The fraction of sp³-hybridized carbons (Fsp3) is 1.00. The molecule has 0 amide bonds. The van der Waals surface area contributed by atoms with Crippen LogP contribution in [0.5, 0.6) is 0 Å². The fourth-order valence-corrected chi connectivity index (χ4v) is 0.501. The minimum Gasteiger partial charge on any atom is -0.368 e. The maximum absolute atomic E-state index is 8.38. The number of nitrogens with one attached hydrogen (secondary N) is 1. The molecule has 0 aromatic carbocycles. The van der Waals surface area contributed by atoms with Crippen molar-refractivity contribution < 1.29 is 10.2 Å². The summed E-state index contributed by atoms with van der Waals surface area (Å²) in [4.78, 5) is 0. The summed E-state index contributed by atoms with van der Waals surface area (Å²) < 4.78 is 0. The maximum Gasteiger partial charge on any atom is 0.152 e. The molecular formula is C6H15NO2. The van der Waals surface area contributed by atoms with Crippen LogP contribution in [0.1, 0.15) is 20.3 Å². The van der Waals surface area contributed by atoms with Crippen molar-refractivity contribution >= 4 is 0 Å². The first kappa shape index (κ1) is 8.88. The molecule has 0 aliphatic heterocycles. The zero-order valence-electron chi connectivity index (χ0n) is 5.96. The number of hydrogen-bond acceptors (Lipinski definition) is 3. The highest BCUT2D eigenvalue weighted by Gasteiger charge is 1.96. The molecule has 56 valence electrons. The van der Waals surface area contributed by atoms with E-state index in [2.05, 4.69) is 5.32 Å². The van der Waals surface area contributed by atoms with Crippen molar-refractivity contribution in [2.24, 2.45) is 0 Å². The third-order valence-corrected chi connectivity index (χ3v) is 0.955. The predicted molar refractivity (Wildman–Crippen MR) is 36.0 cm³/mol. The number of aliphatic hydroxyl groups excluding tert-OH is 1. The zero-order valence-corrected chi connectivity index (χ0v) is 5.96. The van der Waals surface area contributed by atoms with Gasteiger partial charge in [0.25, 0.3) is 0 Å². The van der Waals surface area contributed by atoms with Crippen LogP contribution in [0.4, 0.5) is 0 Å². The van der Waals surface area contributed by atoms with E-state index in [1.807, 2.05) is 13.8 Å². The van der Waals surface area contributed by atoms with Gasteiger partial charge in [0.1, 0.15) is 0 Å². The van der Waals surface area contributed by atoms with Crippen LogP contribution < -0.4 is 5.32 Å². The van der Waals surface area contributed by atoms with Crippen molar-refractivity contribution in [3.63, 3.8) is 0 Å². The van der Waals surface area contributed by atoms with E-state index in [1.165, 1.54) is 0 Å². The van der Waals surface area contributed by atoms with Gasteiger partial charge in [-0.15, -0.1) is 0 Å². The summed E-state index contributed by atoms with van der Waals surface area (Å²) in [6.07, 6.45) is -0.769. The Morgan fingerprint density at radius 2 is 1.89 bits per heavy atom. The van der Waals surface area contributed by atoms with E-state index >= 15 is 0 Å². The standard InChI is InChI=1S/C6H15NO2/c1-5(2)7-4-3-6(8)9/h5-9H,3-4H2,1-2H3. The van der Waals surface area contributed by atoms with Gasteiger partial charge in [-0.2, -0.15) is 0 Å². The Bertz CT molecular complexity index is 56.1.